The van der Waals surface area contributed by atoms with E-state index in [9.17, 15) is 14.0 Å². The highest BCUT2D eigenvalue weighted by Gasteiger charge is 2.42. The van der Waals surface area contributed by atoms with Crippen LogP contribution in [0.15, 0.2) is 30.6 Å². The first kappa shape index (κ1) is 31.2. The Kier molecular flexibility index (Phi) is 10.3. The molecular weight excluding hydrogens is 540 g/mol. The van der Waals surface area contributed by atoms with Gasteiger partial charge in [0.15, 0.2) is 0 Å². The molecule has 0 atom stereocenters. The monoisotopic (exact) mass is 579 g/mol. The minimum absolute atomic E-state index is 0. The molecular formula is C29H40Cl2FN5O2. The van der Waals surface area contributed by atoms with Gasteiger partial charge in [-0.1, -0.05) is 18.2 Å². The van der Waals surface area contributed by atoms with Gasteiger partial charge in [0.05, 0.1) is 17.0 Å². The van der Waals surface area contributed by atoms with E-state index in [1.54, 1.807) is 12.1 Å². The smallest absolute Gasteiger partial charge is 0.257 e. The van der Waals surface area contributed by atoms with Crippen molar-refractivity contribution in [1.29, 1.82) is 0 Å². The number of nitrogens with zero attached hydrogens (tertiary/aromatic N) is 5. The van der Waals surface area contributed by atoms with Gasteiger partial charge in [-0.05, 0) is 65.4 Å². The lowest BCUT2D eigenvalue weighted by atomic mass is 9.85. The average molecular weight is 581 g/mol. The van der Waals surface area contributed by atoms with E-state index in [1.807, 2.05) is 29.7 Å². The van der Waals surface area contributed by atoms with E-state index in [-0.39, 0.29) is 59.9 Å². The van der Waals surface area contributed by atoms with Crippen LogP contribution in [0.25, 0.3) is 0 Å². The van der Waals surface area contributed by atoms with E-state index in [1.165, 1.54) is 12.4 Å². The maximum Gasteiger partial charge on any atom is 0.257 e. The predicted octanol–water partition coefficient (Wildman–Crippen LogP) is 4.97. The van der Waals surface area contributed by atoms with E-state index < -0.39 is 0 Å². The van der Waals surface area contributed by atoms with Crippen molar-refractivity contribution < 1.29 is 14.0 Å². The number of rotatable bonds is 6. The summed E-state index contributed by atoms with van der Waals surface area (Å²) in [5, 5.41) is 0. The second kappa shape index (κ2) is 12.9. The van der Waals surface area contributed by atoms with Crippen molar-refractivity contribution in [2.75, 3.05) is 26.2 Å². The Morgan fingerprint density at radius 2 is 1.56 bits per heavy atom. The standard InChI is InChI=1S/C29H38FN5O2.2ClH/c1-20-26(21(2)32-19-31-20)28(37)33-16-12-29(3,13-17-33)34-14-10-24(11-15-34)35(27(36)22-8-9-22)18-23-6-4-5-7-25(23)30;;/h4-7,19,22,24H,8-18H2,1-3H3;2*1H. The van der Waals surface area contributed by atoms with Gasteiger partial charge < -0.3 is 9.80 Å². The zero-order chi connectivity index (χ0) is 26.2. The third kappa shape index (κ3) is 6.72. The topological polar surface area (TPSA) is 69.6 Å². The molecule has 1 aromatic carbocycles. The molecule has 1 saturated carbocycles. The number of halogens is 3. The summed E-state index contributed by atoms with van der Waals surface area (Å²) in [6.45, 7) is 9.63. The molecule has 214 valence electrons. The lowest BCUT2D eigenvalue weighted by Crippen LogP contribution is -2.58. The number of amides is 2. The van der Waals surface area contributed by atoms with Crippen molar-refractivity contribution >= 4 is 36.6 Å². The third-order valence-electron chi connectivity index (χ3n) is 8.74. The maximum absolute atomic E-state index is 14.4. The van der Waals surface area contributed by atoms with Gasteiger partial charge in [-0.25, -0.2) is 14.4 Å². The highest BCUT2D eigenvalue weighted by molar-refractivity contribution is 5.96. The Bertz CT molecular complexity index is 1140. The van der Waals surface area contributed by atoms with Crippen LogP contribution in [0.1, 0.15) is 72.8 Å². The second-order valence-corrected chi connectivity index (χ2v) is 11.3. The van der Waals surface area contributed by atoms with Gasteiger partial charge in [-0.15, -0.1) is 24.8 Å². The zero-order valence-corrected chi connectivity index (χ0v) is 24.7. The van der Waals surface area contributed by atoms with Crippen molar-refractivity contribution in [3.05, 3.63) is 58.9 Å². The van der Waals surface area contributed by atoms with Gasteiger partial charge in [-0.2, -0.15) is 0 Å². The SMILES string of the molecule is Cc1ncnc(C)c1C(=O)N1CCC(C)(N2CCC(N(Cc3ccccc3F)C(=O)C3CC3)CC2)CC1.Cl.Cl. The molecule has 5 rings (SSSR count). The molecule has 1 aromatic heterocycles. The van der Waals surface area contributed by atoms with Crippen molar-refractivity contribution in [3.8, 4) is 0 Å². The number of carbonyl (C=O) groups excluding carboxylic acids is 2. The Balaban J connectivity index is 0.00000210. The summed E-state index contributed by atoms with van der Waals surface area (Å²) in [4.78, 5) is 41.3. The normalized spacial score (nSPS) is 19.5. The van der Waals surface area contributed by atoms with Crippen LogP contribution in [0.2, 0.25) is 0 Å². The van der Waals surface area contributed by atoms with E-state index in [0.717, 1.165) is 63.0 Å². The molecule has 0 unspecified atom stereocenters. The first-order valence-electron chi connectivity index (χ1n) is 13.6. The molecule has 2 aromatic rings. The number of hydrogen-bond acceptors (Lipinski definition) is 5. The van der Waals surface area contributed by atoms with Crippen molar-refractivity contribution in [3.63, 3.8) is 0 Å². The number of benzene rings is 1. The Labute approximate surface area is 243 Å². The molecule has 3 aliphatic rings. The van der Waals surface area contributed by atoms with Crippen molar-refractivity contribution in [2.45, 2.75) is 77.4 Å². The predicted molar refractivity (Wildman–Crippen MR) is 154 cm³/mol. The maximum atomic E-state index is 14.4. The van der Waals surface area contributed by atoms with Crippen LogP contribution in [0.4, 0.5) is 4.39 Å². The summed E-state index contributed by atoms with van der Waals surface area (Å²) >= 11 is 0. The number of hydrogen-bond donors (Lipinski definition) is 0. The fourth-order valence-electron chi connectivity index (χ4n) is 6.05. The van der Waals surface area contributed by atoms with Gasteiger partial charge >= 0.3 is 0 Å². The quantitative estimate of drug-likeness (QED) is 0.483. The second-order valence-electron chi connectivity index (χ2n) is 11.3. The molecule has 2 amide bonds. The molecule has 10 heteroatoms. The number of aryl methyl sites for hydroxylation is 2. The van der Waals surface area contributed by atoms with Crippen LogP contribution in [-0.4, -0.2) is 74.2 Å². The summed E-state index contributed by atoms with van der Waals surface area (Å²) in [5.41, 5.74) is 2.71. The van der Waals surface area contributed by atoms with Crippen LogP contribution >= 0.6 is 24.8 Å². The molecule has 0 N–H and O–H groups in total. The molecule has 3 heterocycles. The Morgan fingerprint density at radius 3 is 2.13 bits per heavy atom. The lowest BCUT2D eigenvalue weighted by Gasteiger charge is -2.50. The minimum Gasteiger partial charge on any atom is -0.338 e. The van der Waals surface area contributed by atoms with Crippen molar-refractivity contribution in [2.24, 2.45) is 5.92 Å². The highest BCUT2D eigenvalue weighted by Crippen LogP contribution is 2.36. The zero-order valence-electron chi connectivity index (χ0n) is 23.1. The third-order valence-corrected chi connectivity index (χ3v) is 8.74. The molecule has 3 fully saturated rings. The number of likely N-dealkylation sites (tertiary alicyclic amines) is 2. The van der Waals surface area contributed by atoms with E-state index in [4.69, 9.17) is 0 Å². The summed E-state index contributed by atoms with van der Waals surface area (Å²) < 4.78 is 14.4. The molecule has 0 bridgehead atoms. The van der Waals surface area contributed by atoms with E-state index >= 15 is 0 Å². The number of piperidine rings is 2. The van der Waals surface area contributed by atoms with Gasteiger partial charge in [0, 0.05) is 55.8 Å². The van der Waals surface area contributed by atoms with E-state index in [2.05, 4.69) is 21.8 Å². The van der Waals surface area contributed by atoms with Gasteiger partial charge in [0.2, 0.25) is 5.91 Å². The summed E-state index contributed by atoms with van der Waals surface area (Å²) in [6, 6.07) is 6.94. The molecule has 39 heavy (non-hydrogen) atoms. The Morgan fingerprint density at radius 1 is 0.974 bits per heavy atom. The fourth-order valence-corrected chi connectivity index (χ4v) is 6.05. The molecule has 0 radical (unpaired) electrons. The van der Waals surface area contributed by atoms with Crippen molar-refractivity contribution in [1.82, 2.24) is 24.7 Å². The molecule has 2 aliphatic heterocycles. The van der Waals surface area contributed by atoms with Crippen LogP contribution in [0, 0.1) is 25.6 Å². The molecule has 2 saturated heterocycles. The van der Waals surface area contributed by atoms with Crippen LogP contribution in [0.3, 0.4) is 0 Å². The fraction of sp³-hybridized carbons (Fsp3) is 0.586. The first-order chi connectivity index (χ1) is 17.8. The minimum atomic E-state index is -0.241. The first-order valence-corrected chi connectivity index (χ1v) is 13.6. The van der Waals surface area contributed by atoms with Gasteiger partial charge in [0.1, 0.15) is 12.1 Å². The van der Waals surface area contributed by atoms with Crippen LogP contribution in [0.5, 0.6) is 0 Å². The number of aromatic nitrogens is 2. The molecule has 0 spiro atoms. The average Bonchev–Trinajstić information content (AvgIpc) is 3.74. The summed E-state index contributed by atoms with van der Waals surface area (Å²) in [5.74, 6) is 0.0928. The highest BCUT2D eigenvalue weighted by atomic mass is 35.5. The van der Waals surface area contributed by atoms with Crippen LogP contribution < -0.4 is 0 Å². The molecule has 1 aliphatic carbocycles. The number of carbonyl (C=O) groups is 2. The van der Waals surface area contributed by atoms with Crippen LogP contribution in [-0.2, 0) is 11.3 Å². The van der Waals surface area contributed by atoms with E-state index in [0.29, 0.717) is 30.8 Å². The van der Waals surface area contributed by atoms with Gasteiger partial charge in [-0.3, -0.25) is 14.5 Å². The largest absolute Gasteiger partial charge is 0.338 e. The lowest BCUT2D eigenvalue weighted by molar-refractivity contribution is -0.137. The van der Waals surface area contributed by atoms with Gasteiger partial charge in [0.25, 0.3) is 5.91 Å². The molecule has 7 nitrogen and oxygen atoms in total. The summed E-state index contributed by atoms with van der Waals surface area (Å²) in [6.07, 6.45) is 7.02. The summed E-state index contributed by atoms with van der Waals surface area (Å²) in [7, 11) is 0. The Hall–Kier alpha value is -2.29.